The van der Waals surface area contributed by atoms with E-state index in [0.717, 1.165) is 35.3 Å². The van der Waals surface area contributed by atoms with Crippen molar-refractivity contribution < 1.29 is 9.47 Å². The number of hydrogen-bond donors (Lipinski definition) is 0. The van der Waals surface area contributed by atoms with Gasteiger partial charge in [0.05, 0.1) is 18.6 Å². The highest BCUT2D eigenvalue weighted by molar-refractivity contribution is 6.33. The average molecular weight is 536 g/mol. The summed E-state index contributed by atoms with van der Waals surface area (Å²) in [5, 5.41) is 0. The first-order valence-corrected chi connectivity index (χ1v) is 15.1. The Morgan fingerprint density at radius 1 is 0.634 bits per heavy atom. The number of aryl methyl sites for hydroxylation is 2. The monoisotopic (exact) mass is 536 g/mol. The van der Waals surface area contributed by atoms with E-state index in [-0.39, 0.29) is 0 Å². The van der Waals surface area contributed by atoms with E-state index < -0.39 is 5.41 Å². The standard InChI is InChI=1S/C37H38B2O2/c1-7-21(3)19-40-33-17-29-32(18-34(33)41-20-22(4)8-2)37(36-24(6)10-9-23(5)35(29)36)30-15-25(38)11-13-27(30)28-14-12-26(39)16-31(28)37/h9-18,21-22H,7-8,19-20H2,1-6H3. The predicted octanol–water partition coefficient (Wildman–Crippen LogP) is 7.08. The normalized spacial score (nSPS) is 15.2. The maximum Gasteiger partial charge on any atom is 0.161 e. The summed E-state index contributed by atoms with van der Waals surface area (Å²) >= 11 is 0. The molecule has 0 bridgehead atoms. The second-order valence-electron chi connectivity index (χ2n) is 12.3. The van der Waals surface area contributed by atoms with Crippen molar-refractivity contribution in [1.29, 1.82) is 0 Å². The molecule has 6 rings (SSSR count). The number of hydrogen-bond acceptors (Lipinski definition) is 2. The van der Waals surface area contributed by atoms with Crippen molar-refractivity contribution in [2.45, 2.75) is 59.8 Å². The zero-order valence-electron chi connectivity index (χ0n) is 25.2. The van der Waals surface area contributed by atoms with Gasteiger partial charge in [0, 0.05) is 0 Å². The lowest BCUT2D eigenvalue weighted by molar-refractivity contribution is 0.217. The van der Waals surface area contributed by atoms with Crippen LogP contribution in [0.3, 0.4) is 0 Å². The fraction of sp³-hybridized carbons (Fsp3) is 0.351. The highest BCUT2D eigenvalue weighted by Gasteiger charge is 2.53. The van der Waals surface area contributed by atoms with Gasteiger partial charge in [-0.25, -0.2) is 0 Å². The van der Waals surface area contributed by atoms with E-state index in [1.54, 1.807) is 0 Å². The fourth-order valence-corrected chi connectivity index (χ4v) is 6.70. The molecule has 41 heavy (non-hydrogen) atoms. The van der Waals surface area contributed by atoms with Gasteiger partial charge in [-0.2, -0.15) is 0 Å². The van der Waals surface area contributed by atoms with Crippen LogP contribution in [0.15, 0.2) is 60.7 Å². The summed E-state index contributed by atoms with van der Waals surface area (Å²) in [5.41, 5.74) is 13.2. The smallest absolute Gasteiger partial charge is 0.161 e. The van der Waals surface area contributed by atoms with Crippen LogP contribution in [0.1, 0.15) is 73.9 Å². The van der Waals surface area contributed by atoms with E-state index in [9.17, 15) is 0 Å². The van der Waals surface area contributed by atoms with Gasteiger partial charge in [-0.15, -0.1) is 0 Å². The first kappa shape index (κ1) is 27.8. The molecule has 0 saturated heterocycles. The van der Waals surface area contributed by atoms with Gasteiger partial charge >= 0.3 is 0 Å². The van der Waals surface area contributed by atoms with Crippen molar-refractivity contribution in [3.05, 3.63) is 94.0 Å². The maximum atomic E-state index is 6.59. The van der Waals surface area contributed by atoms with Gasteiger partial charge in [0.2, 0.25) is 0 Å². The van der Waals surface area contributed by atoms with Crippen LogP contribution in [0.5, 0.6) is 11.5 Å². The fourth-order valence-electron chi connectivity index (χ4n) is 6.70. The molecule has 1 spiro atoms. The minimum Gasteiger partial charge on any atom is -0.489 e. The Bertz CT molecular complexity index is 1600. The van der Waals surface area contributed by atoms with Crippen LogP contribution in [0, 0.1) is 25.7 Å². The Morgan fingerprint density at radius 2 is 1.12 bits per heavy atom. The molecule has 0 aliphatic heterocycles. The molecule has 0 fully saturated rings. The number of rotatable bonds is 8. The topological polar surface area (TPSA) is 18.5 Å². The van der Waals surface area contributed by atoms with Gasteiger partial charge in [0.1, 0.15) is 15.7 Å². The zero-order chi connectivity index (χ0) is 29.1. The molecule has 204 valence electrons. The summed E-state index contributed by atoms with van der Waals surface area (Å²) in [5.74, 6) is 2.51. The summed E-state index contributed by atoms with van der Waals surface area (Å²) in [7, 11) is 13.0. The molecule has 0 saturated carbocycles. The van der Waals surface area contributed by atoms with Crippen LogP contribution < -0.4 is 20.4 Å². The lowest BCUT2D eigenvalue weighted by Crippen LogP contribution is -2.29. The van der Waals surface area contributed by atoms with Crippen LogP contribution in [0.2, 0.25) is 0 Å². The van der Waals surface area contributed by atoms with Crippen LogP contribution >= 0.6 is 0 Å². The second-order valence-corrected chi connectivity index (χ2v) is 12.3. The third-order valence-corrected chi connectivity index (χ3v) is 9.38. The lowest BCUT2D eigenvalue weighted by Gasteiger charge is -2.32. The first-order chi connectivity index (χ1) is 19.7. The summed E-state index contributed by atoms with van der Waals surface area (Å²) in [6.45, 7) is 14.6. The van der Waals surface area contributed by atoms with Crippen LogP contribution in [-0.2, 0) is 5.41 Å². The molecule has 2 unspecified atom stereocenters. The van der Waals surface area contributed by atoms with Crippen molar-refractivity contribution in [2.24, 2.45) is 11.8 Å². The van der Waals surface area contributed by atoms with E-state index in [0.29, 0.717) is 25.0 Å². The number of benzene rings is 4. The highest BCUT2D eigenvalue weighted by Crippen LogP contribution is 2.64. The van der Waals surface area contributed by atoms with E-state index in [2.05, 4.69) is 90.1 Å². The Balaban J connectivity index is 1.70. The molecule has 2 aliphatic carbocycles. The third-order valence-electron chi connectivity index (χ3n) is 9.38. The summed E-state index contributed by atoms with van der Waals surface area (Å²) in [6, 6.07) is 21.7. The van der Waals surface area contributed by atoms with E-state index in [4.69, 9.17) is 25.2 Å². The number of fused-ring (bicyclic) bond motifs is 10. The molecule has 0 heterocycles. The molecule has 0 amide bonds. The average Bonchev–Trinajstić information content (AvgIpc) is 3.42. The van der Waals surface area contributed by atoms with E-state index in [1.807, 2.05) is 12.1 Å². The van der Waals surface area contributed by atoms with Crippen molar-refractivity contribution in [3.8, 4) is 33.8 Å². The van der Waals surface area contributed by atoms with Gasteiger partial charge in [-0.1, -0.05) is 100.0 Å². The third kappa shape index (κ3) is 4.25. The molecular weight excluding hydrogens is 498 g/mol. The molecule has 4 aromatic carbocycles. The van der Waals surface area contributed by atoms with Crippen LogP contribution in [0.25, 0.3) is 22.3 Å². The summed E-state index contributed by atoms with van der Waals surface area (Å²) in [4.78, 5) is 0. The van der Waals surface area contributed by atoms with Gasteiger partial charge in [0.25, 0.3) is 0 Å². The molecule has 2 atom stereocenters. The Kier molecular flexibility index (Phi) is 7.09. The van der Waals surface area contributed by atoms with Crippen molar-refractivity contribution in [1.82, 2.24) is 0 Å². The lowest BCUT2D eigenvalue weighted by atomic mass is 9.68. The first-order valence-electron chi connectivity index (χ1n) is 15.1. The molecule has 4 radical (unpaired) electrons. The van der Waals surface area contributed by atoms with Crippen molar-refractivity contribution in [3.63, 3.8) is 0 Å². The molecule has 2 aliphatic rings. The minimum atomic E-state index is -0.556. The highest BCUT2D eigenvalue weighted by atomic mass is 16.5. The van der Waals surface area contributed by atoms with E-state index >= 15 is 0 Å². The molecule has 4 heteroatoms. The van der Waals surface area contributed by atoms with E-state index in [1.165, 1.54) is 55.6 Å². The van der Waals surface area contributed by atoms with Gasteiger partial charge in [-0.05, 0) is 93.5 Å². The maximum absolute atomic E-state index is 6.59. The minimum absolute atomic E-state index is 0.439. The number of ether oxygens (including phenoxy) is 2. The van der Waals surface area contributed by atoms with Gasteiger partial charge in [0.15, 0.2) is 11.5 Å². The Hall–Kier alpha value is -3.39. The molecule has 2 nitrogen and oxygen atoms in total. The summed E-state index contributed by atoms with van der Waals surface area (Å²) < 4.78 is 13.1. The Morgan fingerprint density at radius 3 is 1.66 bits per heavy atom. The van der Waals surface area contributed by atoms with Crippen molar-refractivity contribution in [2.75, 3.05) is 13.2 Å². The molecular formula is C37H38B2O2. The molecule has 0 aromatic heterocycles. The zero-order valence-corrected chi connectivity index (χ0v) is 25.2. The quantitative estimate of drug-likeness (QED) is 0.194. The second kappa shape index (κ2) is 10.5. The predicted molar refractivity (Wildman–Crippen MR) is 173 cm³/mol. The van der Waals surface area contributed by atoms with Gasteiger partial charge < -0.3 is 9.47 Å². The van der Waals surface area contributed by atoms with Crippen LogP contribution in [0.4, 0.5) is 0 Å². The Labute approximate surface area is 248 Å². The molecule has 4 aromatic rings. The molecule has 0 N–H and O–H groups in total. The summed E-state index contributed by atoms with van der Waals surface area (Å²) in [6.07, 6.45) is 2.12. The largest absolute Gasteiger partial charge is 0.489 e. The van der Waals surface area contributed by atoms with Gasteiger partial charge in [-0.3, -0.25) is 0 Å². The SMILES string of the molecule is [B]c1ccc2c(c1)C1(c3cc([B])ccc3-2)c2cc(OCC(C)CC)c(OCC(C)CC)cc2-c2c(C)ccc(C)c21. The van der Waals surface area contributed by atoms with Crippen molar-refractivity contribution >= 4 is 26.6 Å². The van der Waals surface area contributed by atoms with Crippen LogP contribution in [-0.4, -0.2) is 28.9 Å².